The quantitative estimate of drug-likeness (QED) is 0.330. The van der Waals surface area contributed by atoms with Gasteiger partial charge in [-0.1, -0.05) is 0 Å². The Morgan fingerprint density at radius 3 is 2.56 bits per heavy atom. The van der Waals surface area contributed by atoms with Crippen LogP contribution >= 0.6 is 0 Å². The number of anilines is 2. The predicted octanol–water partition coefficient (Wildman–Crippen LogP) is 3.70. The van der Waals surface area contributed by atoms with Crippen molar-refractivity contribution >= 4 is 38.3 Å². The fourth-order valence-electron chi connectivity index (χ4n) is 4.80. The van der Waals surface area contributed by atoms with Gasteiger partial charge in [0, 0.05) is 31.1 Å². The molecule has 1 atom stereocenters. The molecule has 36 heavy (non-hydrogen) atoms. The molecule has 2 fully saturated rings. The summed E-state index contributed by atoms with van der Waals surface area (Å²) in [5.74, 6) is -3.76. The van der Waals surface area contributed by atoms with E-state index in [9.17, 15) is 26.4 Å². The third-order valence-electron chi connectivity index (χ3n) is 6.68. The highest BCUT2D eigenvalue weighted by Crippen LogP contribution is 2.34. The van der Waals surface area contributed by atoms with Crippen LogP contribution < -0.4 is 10.6 Å². The number of nitrogens with zero attached hydrogens (tertiary/aromatic N) is 3. The van der Waals surface area contributed by atoms with Gasteiger partial charge in [-0.05, 0) is 37.8 Å². The van der Waals surface area contributed by atoms with Crippen LogP contribution in [0.4, 0.5) is 24.8 Å². The number of pyridine rings is 1. The van der Waals surface area contributed by atoms with Gasteiger partial charge in [0.25, 0.3) is 0 Å². The minimum Gasteiger partial charge on any atom is -0.367 e. The molecule has 2 aliphatic rings. The van der Waals surface area contributed by atoms with Crippen molar-refractivity contribution in [3.63, 3.8) is 0 Å². The van der Waals surface area contributed by atoms with Crippen LogP contribution in [0.5, 0.6) is 0 Å². The molecule has 3 aromatic rings. The first kappa shape index (κ1) is 24.5. The number of alkyl halides is 2. The first-order chi connectivity index (χ1) is 17.1. The smallest absolute Gasteiger partial charge is 0.248 e. The van der Waals surface area contributed by atoms with E-state index in [1.54, 1.807) is 0 Å². The topological polar surface area (TPSA) is 130 Å². The molecular weight excluding hydrogens is 497 g/mol. The van der Waals surface area contributed by atoms with Gasteiger partial charge in [-0.2, -0.15) is 4.39 Å². The van der Waals surface area contributed by atoms with Gasteiger partial charge in [0.1, 0.15) is 23.6 Å². The van der Waals surface area contributed by atoms with Crippen LogP contribution in [0.3, 0.4) is 0 Å². The van der Waals surface area contributed by atoms with Crippen molar-refractivity contribution < 1.29 is 26.4 Å². The molecule has 3 aromatic heterocycles. The number of hydrogen-bond acceptors (Lipinski definition) is 8. The van der Waals surface area contributed by atoms with E-state index in [0.29, 0.717) is 23.9 Å². The first-order valence-corrected chi connectivity index (χ1v) is 13.6. The van der Waals surface area contributed by atoms with Crippen LogP contribution in [0.2, 0.25) is 0 Å². The number of carbonyl (C=O) groups excluding carboxylic acids is 1. The van der Waals surface area contributed by atoms with Crippen LogP contribution in [-0.2, 0) is 9.84 Å². The zero-order valence-corrected chi connectivity index (χ0v) is 20.0. The number of H-pyrrole nitrogens is 1. The second-order valence-corrected chi connectivity index (χ2v) is 11.6. The molecule has 0 amide bonds. The Hall–Kier alpha value is -3.22. The standard InChI is InChI=1S/C23H25F3N6O3S/c24-20-15(3-4-17(32-20)30-13-5-7-23(25,26)8-6-13)19(33)16-10-27-21-18(16)22(29-12-28-21)31-14-2-1-9-36(34,35)11-14/h3-4,10,12-14H,1-2,5-9,11H2,(H,30,32)(H2,27,28,29,31). The Bertz CT molecular complexity index is 1400. The van der Waals surface area contributed by atoms with E-state index in [1.807, 2.05) is 0 Å². The van der Waals surface area contributed by atoms with Crippen molar-refractivity contribution in [2.75, 3.05) is 22.1 Å². The van der Waals surface area contributed by atoms with Crippen LogP contribution in [0.1, 0.15) is 54.4 Å². The van der Waals surface area contributed by atoms with Crippen molar-refractivity contribution in [3.05, 3.63) is 41.7 Å². The number of rotatable bonds is 6. The second kappa shape index (κ2) is 9.34. The number of sulfone groups is 1. The lowest BCUT2D eigenvalue weighted by molar-refractivity contribution is -0.0361. The van der Waals surface area contributed by atoms with Crippen molar-refractivity contribution in [1.82, 2.24) is 19.9 Å². The van der Waals surface area contributed by atoms with E-state index in [4.69, 9.17) is 0 Å². The largest absolute Gasteiger partial charge is 0.367 e. The minimum atomic E-state index is -3.17. The highest BCUT2D eigenvalue weighted by atomic mass is 32.2. The van der Waals surface area contributed by atoms with Crippen LogP contribution in [-0.4, -0.2) is 63.6 Å². The Labute approximate surface area is 205 Å². The molecule has 4 heterocycles. The number of hydrogen-bond donors (Lipinski definition) is 3. The van der Waals surface area contributed by atoms with Crippen molar-refractivity contribution in [3.8, 4) is 0 Å². The molecule has 3 N–H and O–H groups in total. The highest BCUT2D eigenvalue weighted by Gasteiger charge is 2.35. The maximum absolute atomic E-state index is 14.9. The Balaban J connectivity index is 1.37. The van der Waals surface area contributed by atoms with Gasteiger partial charge >= 0.3 is 0 Å². The molecule has 5 rings (SSSR count). The molecular formula is C23H25F3N6O3S. The summed E-state index contributed by atoms with van der Waals surface area (Å²) in [5, 5.41) is 6.41. The van der Waals surface area contributed by atoms with E-state index < -0.39 is 27.5 Å². The highest BCUT2D eigenvalue weighted by molar-refractivity contribution is 7.91. The number of nitrogens with one attached hydrogen (secondary N) is 3. The van der Waals surface area contributed by atoms with E-state index in [2.05, 4.69) is 30.6 Å². The molecule has 1 aliphatic heterocycles. The molecule has 0 aromatic carbocycles. The number of fused-ring (bicyclic) bond motifs is 1. The fourth-order valence-corrected chi connectivity index (χ4v) is 6.44. The summed E-state index contributed by atoms with van der Waals surface area (Å²) in [6, 6.07) is 2.12. The third-order valence-corrected chi connectivity index (χ3v) is 8.50. The molecule has 1 saturated heterocycles. The molecule has 1 saturated carbocycles. The molecule has 1 unspecified atom stereocenters. The lowest BCUT2D eigenvalue weighted by atomic mass is 9.92. The SMILES string of the molecule is O=C(c1ccc(NC2CCC(F)(F)CC2)nc1F)c1c[nH]c2ncnc(NC3CCCS(=O)(=O)C3)c12. The van der Waals surface area contributed by atoms with E-state index >= 15 is 0 Å². The first-order valence-electron chi connectivity index (χ1n) is 11.7. The van der Waals surface area contributed by atoms with E-state index in [0.717, 1.165) is 0 Å². The van der Waals surface area contributed by atoms with Crippen LogP contribution in [0.25, 0.3) is 11.0 Å². The molecule has 9 nitrogen and oxygen atoms in total. The van der Waals surface area contributed by atoms with Crippen molar-refractivity contribution in [1.29, 1.82) is 0 Å². The Morgan fingerprint density at radius 2 is 1.83 bits per heavy atom. The van der Waals surface area contributed by atoms with Crippen LogP contribution in [0, 0.1) is 5.95 Å². The maximum atomic E-state index is 14.9. The lowest BCUT2D eigenvalue weighted by Gasteiger charge is -2.29. The second-order valence-electron chi connectivity index (χ2n) is 9.38. The summed E-state index contributed by atoms with van der Waals surface area (Å²) in [6.45, 7) is 0. The Morgan fingerprint density at radius 1 is 1.06 bits per heavy atom. The average Bonchev–Trinajstić information content (AvgIpc) is 3.25. The number of halogens is 3. The number of aromatic nitrogens is 4. The predicted molar refractivity (Wildman–Crippen MR) is 128 cm³/mol. The molecule has 0 spiro atoms. The zero-order valence-electron chi connectivity index (χ0n) is 19.2. The van der Waals surface area contributed by atoms with Gasteiger partial charge in [-0.3, -0.25) is 4.79 Å². The van der Waals surface area contributed by atoms with Crippen molar-refractivity contribution in [2.45, 2.75) is 56.5 Å². The molecule has 0 bridgehead atoms. The number of ketones is 1. The zero-order chi connectivity index (χ0) is 25.5. The number of aromatic amines is 1. The Kier molecular flexibility index (Phi) is 6.35. The van der Waals surface area contributed by atoms with E-state index in [-0.39, 0.29) is 72.0 Å². The summed E-state index contributed by atoms with van der Waals surface area (Å²) >= 11 is 0. The third kappa shape index (κ3) is 5.15. The fraction of sp³-hybridized carbons (Fsp3) is 0.478. The average molecular weight is 523 g/mol. The normalized spacial score (nSPS) is 21.8. The number of carbonyl (C=O) groups is 1. The molecule has 0 radical (unpaired) electrons. The van der Waals surface area contributed by atoms with Crippen LogP contribution in [0.15, 0.2) is 24.7 Å². The van der Waals surface area contributed by atoms with E-state index in [1.165, 1.54) is 24.7 Å². The summed E-state index contributed by atoms with van der Waals surface area (Å²) in [7, 11) is -3.17. The summed E-state index contributed by atoms with van der Waals surface area (Å²) in [5.41, 5.74) is 0.185. The molecule has 1 aliphatic carbocycles. The summed E-state index contributed by atoms with van der Waals surface area (Å²) in [6.07, 6.45) is 3.84. The molecule has 192 valence electrons. The van der Waals surface area contributed by atoms with Gasteiger partial charge in [0.15, 0.2) is 15.6 Å². The summed E-state index contributed by atoms with van der Waals surface area (Å²) < 4.78 is 65.7. The van der Waals surface area contributed by atoms with Gasteiger partial charge in [0.05, 0.1) is 28.0 Å². The molecule has 13 heteroatoms. The van der Waals surface area contributed by atoms with Gasteiger partial charge < -0.3 is 15.6 Å². The monoisotopic (exact) mass is 522 g/mol. The van der Waals surface area contributed by atoms with Gasteiger partial charge in [0.2, 0.25) is 11.9 Å². The van der Waals surface area contributed by atoms with Gasteiger partial charge in [-0.25, -0.2) is 32.2 Å². The maximum Gasteiger partial charge on any atom is 0.248 e. The van der Waals surface area contributed by atoms with Crippen molar-refractivity contribution in [2.24, 2.45) is 0 Å². The summed E-state index contributed by atoms with van der Waals surface area (Å²) in [4.78, 5) is 28.3. The van der Waals surface area contributed by atoms with Gasteiger partial charge in [-0.15, -0.1) is 0 Å². The minimum absolute atomic E-state index is 0.0438. The lowest BCUT2D eigenvalue weighted by Crippen LogP contribution is -2.35.